The van der Waals surface area contributed by atoms with Crippen LogP contribution in [0, 0.1) is 0 Å². The van der Waals surface area contributed by atoms with Crippen molar-refractivity contribution in [3.05, 3.63) is 47.2 Å². The highest BCUT2D eigenvalue weighted by Gasteiger charge is 2.29. The number of anilines is 1. The molecule has 0 radical (unpaired) electrons. The molecule has 0 amide bonds. The first-order valence-electron chi connectivity index (χ1n) is 8.40. The van der Waals surface area contributed by atoms with Crippen LogP contribution in [0.4, 0.5) is 5.95 Å². The Balaban J connectivity index is 1.72. The summed E-state index contributed by atoms with van der Waals surface area (Å²) in [4.78, 5) is 8.97. The number of benzene rings is 1. The van der Waals surface area contributed by atoms with Gasteiger partial charge in [0.2, 0.25) is 11.8 Å². The topological polar surface area (TPSA) is 73.1 Å². The molecule has 3 N–H and O–H groups in total. The smallest absolute Gasteiger partial charge is 0.223 e. The van der Waals surface area contributed by atoms with Gasteiger partial charge in [0, 0.05) is 18.0 Å². The fourth-order valence-corrected chi connectivity index (χ4v) is 3.63. The predicted molar refractivity (Wildman–Crippen MR) is 89.6 cm³/mol. The number of hydrogen-bond acceptors (Lipinski definition) is 5. The van der Waals surface area contributed by atoms with Gasteiger partial charge in [0.1, 0.15) is 6.10 Å². The average Bonchev–Trinajstić information content (AvgIpc) is 3.08. The molecule has 1 aliphatic heterocycles. The van der Waals surface area contributed by atoms with Gasteiger partial charge < -0.3 is 15.8 Å². The van der Waals surface area contributed by atoms with Crippen LogP contribution in [0.1, 0.15) is 42.0 Å². The first-order valence-corrected chi connectivity index (χ1v) is 8.40. The van der Waals surface area contributed by atoms with Crippen LogP contribution in [0.3, 0.4) is 0 Å². The molecule has 5 nitrogen and oxygen atoms in total. The highest BCUT2D eigenvalue weighted by molar-refractivity contribution is 5.43. The van der Waals surface area contributed by atoms with Gasteiger partial charge in [-0.25, -0.2) is 4.98 Å². The molecule has 0 saturated carbocycles. The van der Waals surface area contributed by atoms with E-state index in [0.29, 0.717) is 11.8 Å². The van der Waals surface area contributed by atoms with Gasteiger partial charge in [-0.05, 0) is 37.8 Å². The van der Waals surface area contributed by atoms with E-state index in [-0.39, 0.29) is 12.0 Å². The van der Waals surface area contributed by atoms with Crippen molar-refractivity contribution < 1.29 is 4.74 Å². The van der Waals surface area contributed by atoms with Crippen LogP contribution in [-0.4, -0.2) is 29.2 Å². The minimum atomic E-state index is 0.186. The predicted octanol–water partition coefficient (Wildman–Crippen LogP) is 2.27. The van der Waals surface area contributed by atoms with Crippen LogP contribution in [0.25, 0.3) is 0 Å². The molecule has 2 aliphatic rings. The van der Waals surface area contributed by atoms with Crippen LogP contribution < -0.4 is 15.8 Å². The molecule has 1 fully saturated rings. The van der Waals surface area contributed by atoms with Gasteiger partial charge in [-0.2, -0.15) is 4.98 Å². The van der Waals surface area contributed by atoms with Gasteiger partial charge in [-0.15, -0.1) is 0 Å². The van der Waals surface area contributed by atoms with Gasteiger partial charge in [0.15, 0.2) is 0 Å². The Kier molecular flexibility index (Phi) is 3.87. The Morgan fingerprint density at radius 1 is 1.13 bits per heavy atom. The molecule has 1 aromatic heterocycles. The lowest BCUT2D eigenvalue weighted by molar-refractivity contribution is 0.210. The first kappa shape index (κ1) is 14.5. The number of nitrogens with one attached hydrogen (secondary N) is 1. The first-order chi connectivity index (χ1) is 11.3. The second-order valence-electron chi connectivity index (χ2n) is 6.34. The summed E-state index contributed by atoms with van der Waals surface area (Å²) < 4.78 is 6.15. The van der Waals surface area contributed by atoms with Crippen molar-refractivity contribution in [2.45, 2.75) is 37.7 Å². The van der Waals surface area contributed by atoms with Crippen LogP contribution in [0.5, 0.6) is 5.88 Å². The SMILES string of the molecule is Nc1nc(OC2CCNC2)c2c(n1)C(c1ccccc1)CCC2. The normalized spacial score (nSPS) is 23.5. The zero-order valence-corrected chi connectivity index (χ0v) is 13.2. The number of ether oxygens (including phenoxy) is 1. The van der Waals surface area contributed by atoms with Crippen LogP contribution in [-0.2, 0) is 6.42 Å². The number of hydrogen-bond donors (Lipinski definition) is 2. The van der Waals surface area contributed by atoms with Crippen molar-refractivity contribution >= 4 is 5.95 Å². The highest BCUT2D eigenvalue weighted by Crippen LogP contribution is 2.39. The van der Waals surface area contributed by atoms with E-state index in [9.17, 15) is 0 Å². The molecule has 1 aliphatic carbocycles. The third kappa shape index (κ3) is 2.88. The fourth-order valence-electron chi connectivity index (χ4n) is 3.63. The third-order valence-electron chi connectivity index (χ3n) is 4.76. The zero-order valence-electron chi connectivity index (χ0n) is 13.2. The summed E-state index contributed by atoms with van der Waals surface area (Å²) in [5, 5.41) is 3.32. The summed E-state index contributed by atoms with van der Waals surface area (Å²) in [6, 6.07) is 10.5. The van der Waals surface area contributed by atoms with E-state index in [1.165, 1.54) is 5.56 Å². The largest absolute Gasteiger partial charge is 0.473 e. The Hall–Kier alpha value is -2.14. The summed E-state index contributed by atoms with van der Waals surface area (Å²) in [6.45, 7) is 1.88. The lowest BCUT2D eigenvalue weighted by Crippen LogP contribution is -2.23. The van der Waals surface area contributed by atoms with Gasteiger partial charge in [0.05, 0.1) is 5.69 Å². The van der Waals surface area contributed by atoms with Gasteiger partial charge in [0.25, 0.3) is 0 Å². The van der Waals surface area contributed by atoms with E-state index >= 15 is 0 Å². The quantitative estimate of drug-likeness (QED) is 0.910. The zero-order chi connectivity index (χ0) is 15.6. The molecule has 23 heavy (non-hydrogen) atoms. The van der Waals surface area contributed by atoms with Crippen molar-refractivity contribution in [2.75, 3.05) is 18.8 Å². The summed E-state index contributed by atoms with van der Waals surface area (Å²) in [6.07, 6.45) is 4.39. The van der Waals surface area contributed by atoms with Crippen molar-refractivity contribution in [2.24, 2.45) is 0 Å². The minimum absolute atomic E-state index is 0.186. The maximum Gasteiger partial charge on any atom is 0.223 e. The minimum Gasteiger partial charge on any atom is -0.473 e. The monoisotopic (exact) mass is 310 g/mol. The Morgan fingerprint density at radius 3 is 2.78 bits per heavy atom. The number of nitrogens with zero attached hydrogens (tertiary/aromatic N) is 2. The average molecular weight is 310 g/mol. The lowest BCUT2D eigenvalue weighted by Gasteiger charge is -2.27. The van der Waals surface area contributed by atoms with E-state index in [4.69, 9.17) is 10.5 Å². The highest BCUT2D eigenvalue weighted by atomic mass is 16.5. The second kappa shape index (κ2) is 6.16. The number of aromatic nitrogens is 2. The van der Waals surface area contributed by atoms with Crippen LogP contribution in [0.2, 0.25) is 0 Å². The molecule has 2 heterocycles. The molecule has 120 valence electrons. The number of rotatable bonds is 3. The summed E-state index contributed by atoms with van der Waals surface area (Å²) in [7, 11) is 0. The van der Waals surface area contributed by atoms with Crippen LogP contribution in [0.15, 0.2) is 30.3 Å². The van der Waals surface area contributed by atoms with Gasteiger partial charge in [-0.3, -0.25) is 0 Å². The molecular weight excluding hydrogens is 288 g/mol. The maximum atomic E-state index is 6.15. The molecule has 1 saturated heterocycles. The van der Waals surface area contributed by atoms with E-state index in [2.05, 4.69) is 39.6 Å². The summed E-state index contributed by atoms with van der Waals surface area (Å²) in [5.74, 6) is 1.30. The maximum absolute atomic E-state index is 6.15. The molecule has 1 aromatic carbocycles. The van der Waals surface area contributed by atoms with Crippen LogP contribution >= 0.6 is 0 Å². The molecule has 2 atom stereocenters. The molecule has 2 aromatic rings. The third-order valence-corrected chi connectivity index (χ3v) is 4.76. The van der Waals surface area contributed by atoms with E-state index in [0.717, 1.165) is 50.0 Å². The molecule has 0 spiro atoms. The Morgan fingerprint density at radius 2 is 2.00 bits per heavy atom. The van der Waals surface area contributed by atoms with E-state index < -0.39 is 0 Å². The van der Waals surface area contributed by atoms with Crippen molar-refractivity contribution in [3.8, 4) is 5.88 Å². The number of fused-ring (bicyclic) bond motifs is 1. The molecule has 2 unspecified atom stereocenters. The molecule has 4 rings (SSSR count). The van der Waals surface area contributed by atoms with Gasteiger partial charge in [-0.1, -0.05) is 30.3 Å². The van der Waals surface area contributed by atoms with Gasteiger partial charge >= 0.3 is 0 Å². The van der Waals surface area contributed by atoms with Crippen molar-refractivity contribution in [1.29, 1.82) is 0 Å². The standard InChI is InChI=1S/C18H22N4O/c19-18-21-16-14(12-5-2-1-3-6-12)7-4-8-15(16)17(22-18)23-13-9-10-20-11-13/h1-3,5-6,13-14,20H,4,7-11H2,(H2,19,21,22). The van der Waals surface area contributed by atoms with E-state index in [1.54, 1.807) is 0 Å². The number of nitrogen functional groups attached to an aromatic ring is 1. The summed E-state index contributed by atoms with van der Waals surface area (Å²) in [5.41, 5.74) is 9.47. The molecule has 0 bridgehead atoms. The lowest BCUT2D eigenvalue weighted by atomic mass is 9.82. The van der Waals surface area contributed by atoms with E-state index in [1.807, 2.05) is 6.07 Å². The summed E-state index contributed by atoms with van der Waals surface area (Å²) >= 11 is 0. The van der Waals surface area contributed by atoms with Crippen molar-refractivity contribution in [1.82, 2.24) is 15.3 Å². The second-order valence-corrected chi connectivity index (χ2v) is 6.34. The Labute approximate surface area is 136 Å². The molecule has 5 heteroatoms. The Bertz CT molecular complexity index is 683. The number of nitrogens with two attached hydrogens (primary N) is 1. The fraction of sp³-hybridized carbons (Fsp3) is 0.444. The molecular formula is C18H22N4O. The van der Waals surface area contributed by atoms with Crippen molar-refractivity contribution in [3.63, 3.8) is 0 Å².